The molecule has 2 amide bonds. The second kappa shape index (κ2) is 11.3. The van der Waals surface area contributed by atoms with Crippen LogP contribution >= 0.6 is 0 Å². The molecule has 2 atom stereocenters. The van der Waals surface area contributed by atoms with Crippen molar-refractivity contribution >= 4 is 22.7 Å². The highest BCUT2D eigenvalue weighted by atomic mass is 19.4. The Morgan fingerprint density at radius 1 is 1.13 bits per heavy atom. The molecule has 0 spiro atoms. The number of alkyl halides is 4. The van der Waals surface area contributed by atoms with Crippen LogP contribution in [0.1, 0.15) is 39.8 Å². The predicted octanol–water partition coefficient (Wildman–Crippen LogP) is 4.54. The first kappa shape index (κ1) is 31.6. The molecule has 5 rings (SSSR count). The number of nitrogens with one attached hydrogen (secondary N) is 1. The third-order valence-electron chi connectivity index (χ3n) is 7.94. The van der Waals surface area contributed by atoms with Crippen molar-refractivity contribution in [1.29, 1.82) is 0 Å². The molecule has 4 aromatic rings. The molecule has 0 fully saturated rings. The van der Waals surface area contributed by atoms with Crippen molar-refractivity contribution in [3.8, 4) is 22.8 Å². The number of aromatic nitrogens is 2. The van der Waals surface area contributed by atoms with Gasteiger partial charge in [-0.3, -0.25) is 9.59 Å². The Labute approximate surface area is 253 Å². The molecule has 0 unspecified atom stereocenters. The average Bonchev–Trinajstić information content (AvgIpc) is 3.36. The summed E-state index contributed by atoms with van der Waals surface area (Å²) in [5, 5.41) is 13.7. The van der Waals surface area contributed by atoms with Gasteiger partial charge < -0.3 is 25.6 Å². The molecular formula is C31H27F5N4O5. The first-order valence-corrected chi connectivity index (χ1v) is 13.5. The van der Waals surface area contributed by atoms with Crippen LogP contribution < -0.4 is 20.5 Å². The van der Waals surface area contributed by atoms with E-state index in [1.807, 2.05) is 0 Å². The summed E-state index contributed by atoms with van der Waals surface area (Å²) >= 11 is 0. The number of carbonyl (C=O) groups excluding carboxylic acids is 2. The SMILES string of the molecule is COc1cc(C(=O)NC[C@](O)(c2cc3c(c(-c4ccc(F)cc4)n2)OC[C@]3(C)C(N)=O)C(F)(F)F)cc2cc(CF)c(C)nc12. The summed E-state index contributed by atoms with van der Waals surface area (Å²) in [5.41, 5.74) is -0.0796. The van der Waals surface area contributed by atoms with Crippen molar-refractivity contribution in [3.05, 3.63) is 82.4 Å². The number of halogens is 5. The van der Waals surface area contributed by atoms with E-state index < -0.39 is 53.7 Å². The van der Waals surface area contributed by atoms with Crippen LogP contribution in [0, 0.1) is 12.7 Å². The maximum absolute atomic E-state index is 14.7. The number of methoxy groups -OCH3 is 1. The smallest absolute Gasteiger partial charge is 0.424 e. The number of hydrogen-bond donors (Lipinski definition) is 3. The molecule has 2 aromatic carbocycles. The van der Waals surface area contributed by atoms with Crippen LogP contribution in [-0.4, -0.2) is 53.3 Å². The molecule has 0 radical (unpaired) electrons. The summed E-state index contributed by atoms with van der Waals surface area (Å²) in [6.07, 6.45) is -5.40. The molecule has 4 N–H and O–H groups in total. The van der Waals surface area contributed by atoms with E-state index in [4.69, 9.17) is 15.2 Å². The third-order valence-corrected chi connectivity index (χ3v) is 7.94. The highest BCUT2D eigenvalue weighted by Gasteiger charge is 2.57. The van der Waals surface area contributed by atoms with Crippen LogP contribution in [0.2, 0.25) is 0 Å². The first-order chi connectivity index (χ1) is 21.1. The topological polar surface area (TPSA) is 137 Å². The Balaban J connectivity index is 1.58. The fraction of sp³-hybridized carbons (Fsp3) is 0.290. The number of fused-ring (bicyclic) bond motifs is 2. The zero-order valence-corrected chi connectivity index (χ0v) is 24.2. The van der Waals surface area contributed by atoms with Crippen LogP contribution in [0.3, 0.4) is 0 Å². The Morgan fingerprint density at radius 3 is 2.42 bits per heavy atom. The van der Waals surface area contributed by atoms with Gasteiger partial charge in [-0.05, 0) is 62.4 Å². The molecular weight excluding hydrogens is 603 g/mol. The molecule has 0 saturated heterocycles. The number of benzene rings is 2. The van der Waals surface area contributed by atoms with Gasteiger partial charge in [0.25, 0.3) is 5.91 Å². The van der Waals surface area contributed by atoms with Crippen molar-refractivity contribution < 1.29 is 46.1 Å². The minimum Gasteiger partial charge on any atom is -0.494 e. The van der Waals surface area contributed by atoms with Gasteiger partial charge in [-0.2, -0.15) is 13.2 Å². The normalized spacial score (nSPS) is 17.4. The van der Waals surface area contributed by atoms with Gasteiger partial charge in [-0.25, -0.2) is 18.7 Å². The van der Waals surface area contributed by atoms with E-state index in [0.717, 1.165) is 18.2 Å². The molecule has 14 heteroatoms. The van der Waals surface area contributed by atoms with Gasteiger partial charge >= 0.3 is 6.18 Å². The van der Waals surface area contributed by atoms with Crippen LogP contribution in [0.15, 0.2) is 48.5 Å². The number of rotatable bonds is 8. The summed E-state index contributed by atoms with van der Waals surface area (Å²) in [6.45, 7) is 0.408. The van der Waals surface area contributed by atoms with Crippen molar-refractivity contribution in [2.75, 3.05) is 20.3 Å². The molecule has 45 heavy (non-hydrogen) atoms. The lowest BCUT2D eigenvalue weighted by atomic mass is 9.81. The largest absolute Gasteiger partial charge is 0.494 e. The Bertz CT molecular complexity index is 1830. The summed E-state index contributed by atoms with van der Waals surface area (Å²) in [4.78, 5) is 34.0. The minimum atomic E-state index is -5.40. The zero-order chi connectivity index (χ0) is 32.9. The molecule has 9 nitrogen and oxygen atoms in total. The predicted molar refractivity (Wildman–Crippen MR) is 152 cm³/mol. The number of amides is 2. The van der Waals surface area contributed by atoms with Gasteiger partial charge in [-0.1, -0.05) is 0 Å². The quantitative estimate of drug-likeness (QED) is 0.243. The number of nitrogens with two attached hydrogens (primary N) is 1. The number of pyridine rings is 2. The Morgan fingerprint density at radius 2 is 1.82 bits per heavy atom. The van der Waals surface area contributed by atoms with E-state index in [1.54, 1.807) is 6.92 Å². The Kier molecular flexibility index (Phi) is 7.90. The summed E-state index contributed by atoms with van der Waals surface area (Å²) in [7, 11) is 1.31. The van der Waals surface area contributed by atoms with Crippen LogP contribution in [-0.2, 0) is 22.5 Å². The first-order valence-electron chi connectivity index (χ1n) is 13.5. The number of aliphatic hydroxyl groups is 1. The minimum absolute atomic E-state index is 0.0556. The fourth-order valence-corrected chi connectivity index (χ4v) is 5.06. The van der Waals surface area contributed by atoms with Gasteiger partial charge in [-0.15, -0.1) is 0 Å². The number of nitrogens with zero attached hydrogens (tertiary/aromatic N) is 2. The monoisotopic (exact) mass is 630 g/mol. The molecule has 0 bridgehead atoms. The lowest BCUT2D eigenvalue weighted by Gasteiger charge is -2.31. The van der Waals surface area contributed by atoms with E-state index in [1.165, 1.54) is 44.4 Å². The molecule has 0 saturated carbocycles. The number of ether oxygens (including phenoxy) is 2. The van der Waals surface area contributed by atoms with Crippen molar-refractivity contribution in [2.45, 2.75) is 37.7 Å². The highest BCUT2D eigenvalue weighted by Crippen LogP contribution is 2.47. The second-order valence-electron chi connectivity index (χ2n) is 10.9. The van der Waals surface area contributed by atoms with Gasteiger partial charge in [0.2, 0.25) is 11.5 Å². The van der Waals surface area contributed by atoms with E-state index in [2.05, 4.69) is 15.3 Å². The zero-order valence-electron chi connectivity index (χ0n) is 24.2. The van der Waals surface area contributed by atoms with Gasteiger partial charge in [0.15, 0.2) is 0 Å². The standard InChI is InChI=1S/C31H27F5N4O5/c1-15-19(12-32)9-17-8-18(10-22(44-3)24(17)39-15)27(41)38-13-30(43,31(34,35)36)23-11-21-26(45-14-29(21,2)28(37)42)25(40-23)16-4-6-20(33)7-5-16/h4-11,43H,12-14H2,1-3H3,(H2,37,42)(H,38,41)/t29-,30-/m0/s1. The maximum atomic E-state index is 14.7. The molecule has 1 aliphatic rings. The van der Waals surface area contributed by atoms with E-state index in [9.17, 15) is 36.6 Å². The van der Waals surface area contributed by atoms with Gasteiger partial charge in [0, 0.05) is 33.3 Å². The number of carbonyl (C=O) groups is 2. The van der Waals surface area contributed by atoms with Crippen molar-refractivity contribution in [3.63, 3.8) is 0 Å². The number of primary amides is 1. The van der Waals surface area contributed by atoms with Crippen LogP contribution in [0.4, 0.5) is 22.0 Å². The molecule has 2 aromatic heterocycles. The van der Waals surface area contributed by atoms with E-state index in [0.29, 0.717) is 16.6 Å². The van der Waals surface area contributed by atoms with Crippen molar-refractivity contribution in [1.82, 2.24) is 15.3 Å². The third kappa shape index (κ3) is 5.39. The lowest BCUT2D eigenvalue weighted by Crippen LogP contribution is -2.51. The number of hydrogen-bond acceptors (Lipinski definition) is 7. The summed E-state index contributed by atoms with van der Waals surface area (Å²) in [5.74, 6) is -2.49. The molecule has 1 aliphatic heterocycles. The molecule has 236 valence electrons. The maximum Gasteiger partial charge on any atom is 0.424 e. The Hall–Kier alpha value is -4.85. The summed E-state index contributed by atoms with van der Waals surface area (Å²) < 4.78 is 82.2. The van der Waals surface area contributed by atoms with Crippen LogP contribution in [0.25, 0.3) is 22.2 Å². The van der Waals surface area contributed by atoms with Gasteiger partial charge in [0.05, 0.1) is 19.3 Å². The van der Waals surface area contributed by atoms with E-state index >= 15 is 0 Å². The van der Waals surface area contributed by atoms with Crippen molar-refractivity contribution in [2.24, 2.45) is 5.73 Å². The lowest BCUT2D eigenvalue weighted by molar-refractivity contribution is -0.265. The van der Waals surface area contributed by atoms with Crippen LogP contribution in [0.5, 0.6) is 11.5 Å². The highest BCUT2D eigenvalue weighted by molar-refractivity contribution is 6.00. The van der Waals surface area contributed by atoms with E-state index in [-0.39, 0.29) is 46.1 Å². The second-order valence-corrected chi connectivity index (χ2v) is 10.9. The molecule has 0 aliphatic carbocycles. The average molecular weight is 631 g/mol. The molecule has 3 heterocycles. The fourth-order valence-electron chi connectivity index (χ4n) is 5.06. The summed E-state index contributed by atoms with van der Waals surface area (Å²) in [6, 6.07) is 9.48. The number of aryl methyl sites for hydroxylation is 1. The van der Waals surface area contributed by atoms with Gasteiger partial charge in [0.1, 0.15) is 47.2 Å².